The Kier molecular flexibility index (Phi) is 34.2. The summed E-state index contributed by atoms with van der Waals surface area (Å²) in [4.78, 5) is 0. The van der Waals surface area contributed by atoms with Crippen molar-refractivity contribution >= 4 is 0 Å². The fourth-order valence-corrected chi connectivity index (χ4v) is 7.50. The summed E-state index contributed by atoms with van der Waals surface area (Å²) in [5, 5.41) is 0. The zero-order chi connectivity index (χ0) is 33.7. The van der Waals surface area contributed by atoms with Gasteiger partial charge in [-0.3, -0.25) is 0 Å². The minimum absolute atomic E-state index is 1.21. The summed E-state index contributed by atoms with van der Waals surface area (Å²) < 4.78 is 2.54. The van der Waals surface area contributed by atoms with Crippen molar-refractivity contribution in [2.24, 2.45) is 0 Å². The van der Waals surface area contributed by atoms with Gasteiger partial charge in [0, 0.05) is 18.1 Å². The van der Waals surface area contributed by atoms with Crippen LogP contribution in [0.5, 0.6) is 0 Å². The van der Waals surface area contributed by atoms with Crippen LogP contribution < -0.4 is 4.57 Å². The minimum atomic E-state index is 1.21. The molecule has 0 amide bonds. The Morgan fingerprint density at radius 2 is 0.596 bits per heavy atom. The molecule has 1 aromatic rings. The van der Waals surface area contributed by atoms with Gasteiger partial charge < -0.3 is 0 Å². The highest BCUT2D eigenvalue weighted by atomic mass is 14.9. The molecule has 1 aromatic heterocycles. The molecule has 0 saturated heterocycles. The van der Waals surface area contributed by atoms with Crippen molar-refractivity contribution in [2.75, 3.05) is 0 Å². The number of hydrogen-bond acceptors (Lipinski definition) is 0. The summed E-state index contributed by atoms with van der Waals surface area (Å²) >= 11 is 0. The first kappa shape index (κ1) is 44.2. The molecule has 47 heavy (non-hydrogen) atoms. The Hall–Kier alpha value is -0.850. The molecule has 0 unspecified atom stereocenters. The van der Waals surface area contributed by atoms with Gasteiger partial charge >= 0.3 is 0 Å². The van der Waals surface area contributed by atoms with Crippen LogP contribution in [0.25, 0.3) is 0 Å². The molecule has 0 atom stereocenters. The maximum Gasteiger partial charge on any atom is 0.172 e. The van der Waals surface area contributed by atoms with Gasteiger partial charge in [-0.05, 0) is 37.7 Å². The Balaban J connectivity index is 2.31. The fraction of sp³-hybridized carbons (Fsp3) is 0.891. The van der Waals surface area contributed by atoms with Crippen LogP contribution in [0.3, 0.4) is 0 Å². The summed E-state index contributed by atoms with van der Waals surface area (Å²) in [6.07, 6.45) is 57.8. The van der Waals surface area contributed by atoms with E-state index in [0.717, 1.165) is 0 Å². The van der Waals surface area contributed by atoms with Crippen LogP contribution in [0, 0.1) is 0 Å². The first-order chi connectivity index (χ1) is 23.3. The van der Waals surface area contributed by atoms with Crippen LogP contribution >= 0.6 is 0 Å². The third kappa shape index (κ3) is 29.8. The van der Waals surface area contributed by atoms with Gasteiger partial charge in [0.15, 0.2) is 12.4 Å². The van der Waals surface area contributed by atoms with Crippen LogP contribution in [0.15, 0.2) is 18.5 Å². The second-order valence-electron chi connectivity index (χ2n) is 15.5. The summed E-state index contributed by atoms with van der Waals surface area (Å²) in [5.41, 5.74) is 3.33. The Morgan fingerprint density at radius 1 is 0.319 bits per heavy atom. The monoisotopic (exact) mass is 655 g/mol. The fourth-order valence-electron chi connectivity index (χ4n) is 7.50. The lowest BCUT2D eigenvalue weighted by Gasteiger charge is -2.10. The van der Waals surface area contributed by atoms with E-state index in [-0.39, 0.29) is 0 Å². The molecule has 0 N–H and O–H groups in total. The number of pyridine rings is 1. The molecule has 0 aliphatic heterocycles. The topological polar surface area (TPSA) is 3.88 Å². The van der Waals surface area contributed by atoms with Crippen LogP contribution in [0.4, 0.5) is 0 Å². The molecule has 276 valence electrons. The van der Waals surface area contributed by atoms with Crippen molar-refractivity contribution in [1.29, 1.82) is 0 Å². The van der Waals surface area contributed by atoms with Crippen LogP contribution in [0.1, 0.15) is 257 Å². The van der Waals surface area contributed by atoms with Gasteiger partial charge in [-0.1, -0.05) is 220 Å². The Morgan fingerprint density at radius 3 is 0.936 bits per heavy atom. The normalized spacial score (nSPS) is 11.6. The van der Waals surface area contributed by atoms with E-state index in [1.807, 2.05) is 0 Å². The van der Waals surface area contributed by atoms with Gasteiger partial charge in [-0.25, -0.2) is 4.57 Å². The second-order valence-corrected chi connectivity index (χ2v) is 15.5. The number of unbranched alkanes of at least 4 members (excludes halogenated alkanes) is 32. The van der Waals surface area contributed by atoms with E-state index in [9.17, 15) is 0 Å². The molecule has 0 saturated carbocycles. The molecule has 0 spiro atoms. The van der Waals surface area contributed by atoms with Gasteiger partial charge in [0.1, 0.15) is 6.54 Å². The molecule has 1 nitrogen and oxygen atoms in total. The highest BCUT2D eigenvalue weighted by Gasteiger charge is 2.10. The third-order valence-electron chi connectivity index (χ3n) is 10.8. The molecule has 1 heterocycles. The summed E-state index contributed by atoms with van der Waals surface area (Å²) in [6.45, 7) is 8.15. The van der Waals surface area contributed by atoms with E-state index in [0.29, 0.717) is 0 Å². The number of aromatic nitrogens is 1. The highest BCUT2D eigenvalue weighted by molar-refractivity contribution is 5.21. The van der Waals surface area contributed by atoms with E-state index in [2.05, 4.69) is 43.8 Å². The summed E-state index contributed by atoms with van der Waals surface area (Å²) in [6, 6.07) is 2.51. The van der Waals surface area contributed by atoms with Crippen molar-refractivity contribution in [3.8, 4) is 0 Å². The van der Waals surface area contributed by atoms with E-state index in [4.69, 9.17) is 0 Å². The summed E-state index contributed by atoms with van der Waals surface area (Å²) in [7, 11) is 0. The molecule has 1 rings (SSSR count). The van der Waals surface area contributed by atoms with Crippen molar-refractivity contribution in [3.63, 3.8) is 0 Å². The molecule has 0 bridgehead atoms. The number of aryl methyl sites for hydroxylation is 3. The minimum Gasteiger partial charge on any atom is -0.205 e. The van der Waals surface area contributed by atoms with Crippen molar-refractivity contribution in [3.05, 3.63) is 29.6 Å². The largest absolute Gasteiger partial charge is 0.205 e. The maximum atomic E-state index is 2.56. The Labute approximate surface area is 298 Å². The second kappa shape index (κ2) is 36.4. The van der Waals surface area contributed by atoms with Crippen LogP contribution in [-0.2, 0) is 19.4 Å². The standard InChI is InChI=1S/C46H88N/c1-4-7-10-13-16-19-22-23-26-29-32-35-38-42-47-43-41-45(39-36-33-30-27-24-20-17-14-11-8-5-2)46(44-47)40-37-34-31-28-25-21-18-15-12-9-6-3/h41,43-44H,4-40,42H2,1-3H3/q+1. The first-order valence-corrected chi connectivity index (χ1v) is 22.3. The van der Waals surface area contributed by atoms with Gasteiger partial charge in [-0.15, -0.1) is 0 Å². The molecule has 0 fully saturated rings. The molecular formula is C46H88N+. The highest BCUT2D eigenvalue weighted by Crippen LogP contribution is 2.18. The van der Waals surface area contributed by atoms with Crippen LogP contribution in [0.2, 0.25) is 0 Å². The van der Waals surface area contributed by atoms with E-state index in [1.165, 1.54) is 244 Å². The molecular weight excluding hydrogens is 567 g/mol. The zero-order valence-corrected chi connectivity index (χ0v) is 33.0. The van der Waals surface area contributed by atoms with Gasteiger partial charge in [0.25, 0.3) is 0 Å². The molecule has 0 aliphatic rings. The van der Waals surface area contributed by atoms with E-state index < -0.39 is 0 Å². The SMILES string of the molecule is CCCCCCCCCCCCCCC[n+]1ccc(CCCCCCCCCCCCC)c(CCCCCCCCCCCCC)c1. The third-order valence-corrected chi connectivity index (χ3v) is 10.8. The lowest BCUT2D eigenvalue weighted by Crippen LogP contribution is -2.34. The quantitative estimate of drug-likeness (QED) is 0.0493. The summed E-state index contributed by atoms with van der Waals surface area (Å²) in [5.74, 6) is 0. The van der Waals surface area contributed by atoms with Crippen molar-refractivity contribution in [2.45, 2.75) is 265 Å². The smallest absolute Gasteiger partial charge is 0.172 e. The molecule has 1 heteroatoms. The van der Waals surface area contributed by atoms with Gasteiger partial charge in [0.05, 0.1) is 0 Å². The average Bonchev–Trinajstić information content (AvgIpc) is 3.08. The van der Waals surface area contributed by atoms with E-state index >= 15 is 0 Å². The predicted octanol–water partition coefficient (Wildman–Crippen LogP) is 15.8. The lowest BCUT2D eigenvalue weighted by atomic mass is 9.97. The Bertz CT molecular complexity index is 739. The predicted molar refractivity (Wildman–Crippen MR) is 213 cm³/mol. The zero-order valence-electron chi connectivity index (χ0n) is 33.0. The maximum absolute atomic E-state index is 2.56. The number of rotatable bonds is 38. The van der Waals surface area contributed by atoms with Crippen LogP contribution in [-0.4, -0.2) is 0 Å². The average molecular weight is 655 g/mol. The molecule has 0 aromatic carbocycles. The number of hydrogen-bond donors (Lipinski definition) is 0. The molecule has 0 aliphatic carbocycles. The first-order valence-electron chi connectivity index (χ1n) is 22.3. The van der Waals surface area contributed by atoms with Crippen molar-refractivity contribution < 1.29 is 4.57 Å². The van der Waals surface area contributed by atoms with Gasteiger partial charge in [0.2, 0.25) is 0 Å². The number of nitrogens with zero attached hydrogens (tertiary/aromatic N) is 1. The lowest BCUT2D eigenvalue weighted by molar-refractivity contribution is -0.697. The van der Waals surface area contributed by atoms with Crippen molar-refractivity contribution in [1.82, 2.24) is 0 Å². The van der Waals surface area contributed by atoms with Gasteiger partial charge in [-0.2, -0.15) is 0 Å². The van der Waals surface area contributed by atoms with E-state index in [1.54, 1.807) is 11.1 Å². The molecule has 0 radical (unpaired) electrons.